The van der Waals surface area contributed by atoms with Crippen LogP contribution in [0.15, 0.2) is 59.8 Å². The normalized spacial score (nSPS) is 14.9. The van der Waals surface area contributed by atoms with E-state index in [9.17, 15) is 4.79 Å². The van der Waals surface area contributed by atoms with E-state index in [1.165, 1.54) is 0 Å². The average Bonchev–Trinajstić information content (AvgIpc) is 3.27. The molecule has 0 atom stereocenters. The van der Waals surface area contributed by atoms with Gasteiger partial charge >= 0.3 is 0 Å². The van der Waals surface area contributed by atoms with Crippen molar-refractivity contribution in [2.75, 3.05) is 37.6 Å². The largest absolute Gasteiger partial charge is 0.354 e. The van der Waals surface area contributed by atoms with Gasteiger partial charge in [-0.3, -0.25) is 14.7 Å². The van der Waals surface area contributed by atoms with Crippen molar-refractivity contribution in [1.29, 1.82) is 0 Å². The number of hydrogen-bond donors (Lipinski definition) is 0. The molecule has 5 rings (SSSR count). The lowest BCUT2D eigenvalue weighted by Crippen LogP contribution is -2.48. The molecule has 0 spiro atoms. The van der Waals surface area contributed by atoms with Crippen LogP contribution in [0.3, 0.4) is 0 Å². The molecular formula is C22H24N8O. The van der Waals surface area contributed by atoms with Gasteiger partial charge in [-0.1, -0.05) is 0 Å². The quantitative estimate of drug-likeness (QED) is 0.487. The van der Waals surface area contributed by atoms with Gasteiger partial charge < -0.3 is 4.90 Å². The molecule has 4 aromatic rings. The zero-order valence-electron chi connectivity index (χ0n) is 17.4. The van der Waals surface area contributed by atoms with E-state index in [0.717, 1.165) is 61.1 Å². The molecule has 0 aromatic carbocycles. The SMILES string of the molecule is Cc1cc(N2CCN(CCn3nc(-c4ccncc4)ccc3=O)CC2)n2nccc2n1. The van der Waals surface area contributed by atoms with Crippen molar-refractivity contribution < 1.29 is 0 Å². The van der Waals surface area contributed by atoms with Crippen LogP contribution in [0.2, 0.25) is 0 Å². The second-order valence-electron chi connectivity index (χ2n) is 7.70. The van der Waals surface area contributed by atoms with Crippen molar-refractivity contribution in [2.24, 2.45) is 0 Å². The Morgan fingerprint density at radius 1 is 0.935 bits per heavy atom. The molecule has 0 radical (unpaired) electrons. The molecule has 9 heteroatoms. The minimum absolute atomic E-state index is 0.0789. The van der Waals surface area contributed by atoms with Crippen molar-refractivity contribution in [3.8, 4) is 11.3 Å². The van der Waals surface area contributed by atoms with Gasteiger partial charge in [-0.15, -0.1) is 0 Å². The van der Waals surface area contributed by atoms with E-state index >= 15 is 0 Å². The molecule has 1 aliphatic heterocycles. The number of piperazine rings is 1. The zero-order valence-corrected chi connectivity index (χ0v) is 17.4. The fourth-order valence-electron chi connectivity index (χ4n) is 3.97. The van der Waals surface area contributed by atoms with E-state index in [1.807, 2.05) is 29.6 Å². The summed E-state index contributed by atoms with van der Waals surface area (Å²) in [7, 11) is 0. The Kier molecular flexibility index (Phi) is 5.17. The Labute approximate surface area is 179 Å². The molecule has 1 aliphatic rings. The Hall–Kier alpha value is -3.59. The van der Waals surface area contributed by atoms with Crippen LogP contribution in [-0.4, -0.2) is 67.0 Å². The third-order valence-corrected chi connectivity index (χ3v) is 5.64. The lowest BCUT2D eigenvalue weighted by Gasteiger charge is -2.36. The van der Waals surface area contributed by atoms with Gasteiger partial charge in [0, 0.05) is 74.6 Å². The lowest BCUT2D eigenvalue weighted by molar-refractivity contribution is 0.242. The molecule has 1 fully saturated rings. The second-order valence-corrected chi connectivity index (χ2v) is 7.70. The maximum atomic E-state index is 12.3. The van der Waals surface area contributed by atoms with Crippen molar-refractivity contribution in [3.05, 3.63) is 71.0 Å². The van der Waals surface area contributed by atoms with E-state index in [1.54, 1.807) is 35.4 Å². The van der Waals surface area contributed by atoms with Crippen LogP contribution in [0, 0.1) is 6.92 Å². The molecule has 0 amide bonds. The van der Waals surface area contributed by atoms with Crippen LogP contribution in [0.5, 0.6) is 0 Å². The standard InChI is InChI=1S/C22H24N8O/c1-17-16-21(30-20(25-17)6-9-24-30)28-13-10-27(11-14-28)12-15-29-22(31)3-2-19(26-29)18-4-7-23-8-5-18/h2-9,16H,10-15H2,1H3. The van der Waals surface area contributed by atoms with Gasteiger partial charge in [0.15, 0.2) is 5.65 Å². The average molecular weight is 416 g/mol. The number of aryl methyl sites for hydroxylation is 1. The first-order chi connectivity index (χ1) is 15.2. The summed E-state index contributed by atoms with van der Waals surface area (Å²) in [5.41, 5.74) is 3.52. The highest BCUT2D eigenvalue weighted by atomic mass is 16.1. The van der Waals surface area contributed by atoms with E-state index in [2.05, 4.69) is 36.0 Å². The summed E-state index contributed by atoms with van der Waals surface area (Å²) < 4.78 is 3.46. The number of aromatic nitrogens is 6. The minimum atomic E-state index is -0.0789. The van der Waals surface area contributed by atoms with E-state index in [-0.39, 0.29) is 5.56 Å². The highest BCUT2D eigenvalue weighted by Crippen LogP contribution is 2.19. The fraction of sp³-hybridized carbons (Fsp3) is 0.318. The van der Waals surface area contributed by atoms with Crippen LogP contribution < -0.4 is 10.5 Å². The molecule has 0 N–H and O–H groups in total. The van der Waals surface area contributed by atoms with Gasteiger partial charge in [-0.25, -0.2) is 9.67 Å². The van der Waals surface area contributed by atoms with Gasteiger partial charge in [-0.05, 0) is 25.1 Å². The summed E-state index contributed by atoms with van der Waals surface area (Å²) in [5, 5.41) is 8.97. The highest BCUT2D eigenvalue weighted by molar-refractivity contribution is 5.57. The zero-order chi connectivity index (χ0) is 21.2. The predicted molar refractivity (Wildman–Crippen MR) is 118 cm³/mol. The molecule has 0 aliphatic carbocycles. The number of rotatable bonds is 5. The van der Waals surface area contributed by atoms with Crippen LogP contribution in [0.25, 0.3) is 16.9 Å². The number of anilines is 1. The Morgan fingerprint density at radius 3 is 2.55 bits per heavy atom. The highest BCUT2D eigenvalue weighted by Gasteiger charge is 2.20. The number of hydrogen-bond acceptors (Lipinski definition) is 7. The topological polar surface area (TPSA) is 84.5 Å². The second kappa shape index (κ2) is 8.27. The smallest absolute Gasteiger partial charge is 0.266 e. The predicted octanol–water partition coefficient (Wildman–Crippen LogP) is 1.48. The van der Waals surface area contributed by atoms with Gasteiger partial charge in [0.05, 0.1) is 18.4 Å². The van der Waals surface area contributed by atoms with Gasteiger partial charge in [0.1, 0.15) is 5.82 Å². The van der Waals surface area contributed by atoms with E-state index in [0.29, 0.717) is 6.54 Å². The fourth-order valence-corrected chi connectivity index (χ4v) is 3.97. The number of pyridine rings is 1. The molecule has 9 nitrogen and oxygen atoms in total. The molecule has 31 heavy (non-hydrogen) atoms. The molecule has 0 unspecified atom stereocenters. The van der Waals surface area contributed by atoms with Crippen LogP contribution in [0.4, 0.5) is 5.82 Å². The summed E-state index contributed by atoms with van der Waals surface area (Å²) in [6.07, 6.45) is 5.24. The molecule has 4 aromatic heterocycles. The maximum Gasteiger partial charge on any atom is 0.266 e. The Balaban J connectivity index is 1.24. The van der Waals surface area contributed by atoms with Crippen LogP contribution >= 0.6 is 0 Å². The van der Waals surface area contributed by atoms with E-state index < -0.39 is 0 Å². The molecule has 0 saturated carbocycles. The molecule has 1 saturated heterocycles. The van der Waals surface area contributed by atoms with Crippen molar-refractivity contribution >= 4 is 11.5 Å². The Morgan fingerprint density at radius 2 is 1.74 bits per heavy atom. The van der Waals surface area contributed by atoms with Crippen LogP contribution in [0.1, 0.15) is 5.69 Å². The molecular weight excluding hydrogens is 392 g/mol. The summed E-state index contributed by atoms with van der Waals surface area (Å²) >= 11 is 0. The van der Waals surface area contributed by atoms with Crippen molar-refractivity contribution in [3.63, 3.8) is 0 Å². The molecule has 0 bridgehead atoms. The summed E-state index contributed by atoms with van der Waals surface area (Å²) in [5.74, 6) is 1.08. The Bertz CT molecular complexity index is 1240. The van der Waals surface area contributed by atoms with Crippen LogP contribution in [-0.2, 0) is 6.54 Å². The minimum Gasteiger partial charge on any atom is -0.354 e. The third kappa shape index (κ3) is 4.04. The van der Waals surface area contributed by atoms with Crippen molar-refractivity contribution in [2.45, 2.75) is 13.5 Å². The first kappa shape index (κ1) is 19.4. The third-order valence-electron chi connectivity index (χ3n) is 5.64. The summed E-state index contributed by atoms with van der Waals surface area (Å²) in [4.78, 5) is 25.6. The first-order valence-electron chi connectivity index (χ1n) is 10.4. The molecule has 158 valence electrons. The van der Waals surface area contributed by atoms with Gasteiger partial charge in [-0.2, -0.15) is 14.7 Å². The monoisotopic (exact) mass is 416 g/mol. The molecule has 5 heterocycles. The van der Waals surface area contributed by atoms with Gasteiger partial charge in [0.25, 0.3) is 5.56 Å². The number of fused-ring (bicyclic) bond motifs is 1. The summed E-state index contributed by atoms with van der Waals surface area (Å²) in [6.45, 7) is 7.00. The first-order valence-corrected chi connectivity index (χ1v) is 10.4. The number of nitrogens with zero attached hydrogens (tertiary/aromatic N) is 8. The van der Waals surface area contributed by atoms with E-state index in [4.69, 9.17) is 0 Å². The summed E-state index contributed by atoms with van der Waals surface area (Å²) in [6, 6.07) is 11.2. The van der Waals surface area contributed by atoms with Gasteiger partial charge in [0.2, 0.25) is 0 Å². The van der Waals surface area contributed by atoms with Crippen molar-refractivity contribution in [1.82, 2.24) is 34.3 Å². The maximum absolute atomic E-state index is 12.3. The lowest BCUT2D eigenvalue weighted by atomic mass is 10.2.